The molecule has 11 heteroatoms. The molecule has 0 heterocycles. The first-order valence-corrected chi connectivity index (χ1v) is 8.01. The number of unbranched alkanes of at least 4 members (excludes halogenated alkanes) is 1. The minimum Gasteiger partial charge on any atom is -0.735 e. The Labute approximate surface area is 159 Å². The number of rotatable bonds is 8. The van der Waals surface area contributed by atoms with E-state index in [1.54, 1.807) is 0 Å². The third-order valence-electron chi connectivity index (χ3n) is 2.48. The summed E-state index contributed by atoms with van der Waals surface area (Å²) in [5.74, 6) is 0.441. The Kier molecular flexibility index (Phi) is 15.4. The van der Waals surface area contributed by atoms with Gasteiger partial charge in [-0.2, -0.15) is 0 Å². The van der Waals surface area contributed by atoms with Gasteiger partial charge in [0.2, 0.25) is 0 Å². The third-order valence-corrected chi connectivity index (χ3v) is 4.94. The molecule has 19 heavy (non-hydrogen) atoms. The Bertz CT molecular complexity index is 393. The van der Waals surface area contributed by atoms with Gasteiger partial charge in [-0.1, -0.05) is 33.1 Å². The van der Waals surface area contributed by atoms with Crippen LogP contribution in [-0.4, -0.2) is 36.2 Å². The van der Waals surface area contributed by atoms with Crippen molar-refractivity contribution in [2.75, 3.05) is 6.54 Å². The molecule has 1 atom stereocenters. The standard InChI is InChI=1S/C8H19NO6S2.2Na/c1-3-8(2)6-4-5-7-9(16(10,11)12)17(13,14)15;;/h8H,3-7H2,1-2H3,(H,10,11,12)(H,13,14,15);;/q;2*+1/p-2. The third kappa shape index (κ3) is 12.0. The van der Waals surface area contributed by atoms with Crippen LogP contribution in [0.25, 0.3) is 0 Å². The number of hydrogen-bond acceptors (Lipinski definition) is 6. The van der Waals surface area contributed by atoms with Crippen LogP contribution in [0.1, 0.15) is 39.5 Å². The molecule has 104 valence electrons. The second-order valence-electron chi connectivity index (χ2n) is 3.92. The quantitative estimate of drug-likeness (QED) is 0.248. The summed E-state index contributed by atoms with van der Waals surface area (Å²) in [5.41, 5.74) is 0. The summed E-state index contributed by atoms with van der Waals surface area (Å²) in [5, 5.41) is 0. The first-order chi connectivity index (χ1) is 7.59. The van der Waals surface area contributed by atoms with Gasteiger partial charge in [-0.3, -0.25) is 0 Å². The van der Waals surface area contributed by atoms with Crippen LogP contribution in [-0.2, 0) is 20.6 Å². The molecule has 0 aromatic heterocycles. The molecule has 0 amide bonds. The van der Waals surface area contributed by atoms with Crippen molar-refractivity contribution >= 4 is 20.6 Å². The van der Waals surface area contributed by atoms with Crippen molar-refractivity contribution in [3.63, 3.8) is 0 Å². The molecule has 7 nitrogen and oxygen atoms in total. The van der Waals surface area contributed by atoms with Gasteiger partial charge in [-0.15, -0.1) is 3.71 Å². The number of nitrogens with zero attached hydrogens (tertiary/aromatic N) is 1. The van der Waals surface area contributed by atoms with Gasteiger partial charge in [0.05, 0.1) is 0 Å². The van der Waals surface area contributed by atoms with Crippen molar-refractivity contribution < 1.29 is 85.1 Å². The van der Waals surface area contributed by atoms with E-state index in [9.17, 15) is 25.9 Å². The molecule has 0 bridgehead atoms. The minimum absolute atomic E-state index is 0. The normalized spacial score (nSPS) is 13.5. The summed E-state index contributed by atoms with van der Waals surface area (Å²) < 4.78 is 62.8. The zero-order chi connectivity index (χ0) is 13.7. The van der Waals surface area contributed by atoms with Crippen LogP contribution < -0.4 is 59.1 Å². The van der Waals surface area contributed by atoms with Crippen LogP contribution in [0.3, 0.4) is 0 Å². The van der Waals surface area contributed by atoms with E-state index in [-0.39, 0.29) is 65.5 Å². The molecule has 0 aliphatic heterocycles. The van der Waals surface area contributed by atoms with Crippen LogP contribution in [0.5, 0.6) is 0 Å². The monoisotopic (exact) mass is 333 g/mol. The van der Waals surface area contributed by atoms with Gasteiger partial charge in [-0.05, 0) is 12.3 Å². The molecule has 0 saturated heterocycles. The molecular formula is C8H17NNa2O6S2. The fraction of sp³-hybridized carbons (Fsp3) is 1.00. The molecule has 0 aliphatic carbocycles. The second-order valence-corrected chi connectivity index (χ2v) is 6.74. The van der Waals surface area contributed by atoms with Crippen molar-refractivity contribution in [3.05, 3.63) is 0 Å². The molecule has 1 unspecified atom stereocenters. The van der Waals surface area contributed by atoms with E-state index in [2.05, 4.69) is 0 Å². The summed E-state index contributed by atoms with van der Waals surface area (Å²) >= 11 is 0. The second kappa shape index (κ2) is 11.4. The molecule has 0 saturated carbocycles. The first kappa shape index (κ1) is 25.7. The fourth-order valence-electron chi connectivity index (χ4n) is 1.27. The summed E-state index contributed by atoms with van der Waals surface area (Å²) in [7, 11) is -10.5. The van der Waals surface area contributed by atoms with E-state index >= 15 is 0 Å². The van der Waals surface area contributed by atoms with Crippen molar-refractivity contribution in [3.8, 4) is 0 Å². The Morgan fingerprint density at radius 1 is 1.00 bits per heavy atom. The van der Waals surface area contributed by atoms with Crippen molar-refractivity contribution in [1.82, 2.24) is 3.71 Å². The van der Waals surface area contributed by atoms with E-state index in [4.69, 9.17) is 0 Å². The minimum atomic E-state index is -5.25. The summed E-state index contributed by atoms with van der Waals surface area (Å²) in [6.45, 7) is 3.43. The summed E-state index contributed by atoms with van der Waals surface area (Å²) in [4.78, 5) is 0. The number of hydrogen-bond donors (Lipinski definition) is 0. The maximum Gasteiger partial charge on any atom is 1.00 e. The van der Waals surface area contributed by atoms with E-state index in [0.29, 0.717) is 12.3 Å². The molecule has 0 fully saturated rings. The Morgan fingerprint density at radius 2 is 1.42 bits per heavy atom. The molecule has 0 aromatic carbocycles. The summed E-state index contributed by atoms with van der Waals surface area (Å²) in [6.07, 6.45) is 2.50. The van der Waals surface area contributed by atoms with Gasteiger partial charge in [0, 0.05) is 6.54 Å². The van der Waals surface area contributed by atoms with E-state index in [0.717, 1.165) is 12.8 Å². The van der Waals surface area contributed by atoms with E-state index in [1.165, 1.54) is 0 Å². The molecule has 0 aliphatic rings. The van der Waals surface area contributed by atoms with Crippen molar-refractivity contribution in [2.24, 2.45) is 5.92 Å². The average Bonchev–Trinajstić information content (AvgIpc) is 2.12. The van der Waals surface area contributed by atoms with Crippen LogP contribution in [0.4, 0.5) is 0 Å². The summed E-state index contributed by atoms with van der Waals surface area (Å²) in [6, 6.07) is 0. The van der Waals surface area contributed by atoms with Gasteiger partial charge >= 0.3 is 59.1 Å². The van der Waals surface area contributed by atoms with Crippen molar-refractivity contribution in [1.29, 1.82) is 0 Å². The van der Waals surface area contributed by atoms with Crippen LogP contribution in [0.15, 0.2) is 0 Å². The van der Waals surface area contributed by atoms with Gasteiger partial charge in [0.15, 0.2) is 20.6 Å². The van der Waals surface area contributed by atoms with Crippen molar-refractivity contribution in [2.45, 2.75) is 39.5 Å². The molecular weight excluding hydrogens is 316 g/mol. The molecule has 0 spiro atoms. The average molecular weight is 333 g/mol. The predicted octanol–water partition coefficient (Wildman–Crippen LogP) is -5.57. The van der Waals surface area contributed by atoms with Crippen LogP contribution in [0.2, 0.25) is 0 Å². The Hall–Kier alpha value is 1.78. The molecule has 0 radical (unpaired) electrons. The largest absolute Gasteiger partial charge is 1.00 e. The van der Waals surface area contributed by atoms with Crippen LogP contribution in [0, 0.1) is 5.92 Å². The SMILES string of the molecule is CCC(C)CCCCN(S(=O)(=O)[O-])S(=O)(=O)[O-].[Na+].[Na+]. The predicted molar refractivity (Wildman–Crippen MR) is 59.4 cm³/mol. The van der Waals surface area contributed by atoms with Gasteiger partial charge in [-0.25, -0.2) is 16.8 Å². The van der Waals surface area contributed by atoms with Crippen LogP contribution >= 0.6 is 0 Å². The topological polar surface area (TPSA) is 118 Å². The Morgan fingerprint density at radius 3 is 1.74 bits per heavy atom. The van der Waals surface area contributed by atoms with Gasteiger partial charge in [0.1, 0.15) is 0 Å². The smallest absolute Gasteiger partial charge is 0.735 e. The van der Waals surface area contributed by atoms with E-state index < -0.39 is 30.9 Å². The zero-order valence-electron chi connectivity index (χ0n) is 11.8. The van der Waals surface area contributed by atoms with Gasteiger partial charge in [0.25, 0.3) is 0 Å². The Balaban J connectivity index is -0.00000128. The molecule has 0 N–H and O–H groups in total. The van der Waals surface area contributed by atoms with E-state index in [1.807, 2.05) is 13.8 Å². The first-order valence-electron chi connectivity index (χ1n) is 5.28. The van der Waals surface area contributed by atoms with Gasteiger partial charge < -0.3 is 9.11 Å². The fourth-order valence-corrected chi connectivity index (χ4v) is 2.87. The molecule has 0 rings (SSSR count). The zero-order valence-corrected chi connectivity index (χ0v) is 17.5. The molecule has 0 aromatic rings. The maximum absolute atomic E-state index is 10.6. The maximum atomic E-state index is 10.6.